The Hall–Kier alpha value is -3.74. The summed E-state index contributed by atoms with van der Waals surface area (Å²) >= 11 is 0. The summed E-state index contributed by atoms with van der Waals surface area (Å²) < 4.78 is 10.6. The Kier molecular flexibility index (Phi) is 6.19. The number of hydrogen-bond acceptors (Lipinski definition) is 6. The van der Waals surface area contributed by atoms with E-state index in [0.29, 0.717) is 29.9 Å². The standard InChI is InChI=1S/C22H21N3O4/c1-4-11-25(12-5-2)19(26)14-28-22(27)17-13-18(16-9-7-6-8-10-16)23-21-20(17)15(3)24-29-21/h4-10,13H,1-2,11-12,14H2,3H3. The predicted molar refractivity (Wildman–Crippen MR) is 109 cm³/mol. The zero-order chi connectivity index (χ0) is 20.8. The van der Waals surface area contributed by atoms with Crippen molar-refractivity contribution in [3.05, 3.63) is 73.0 Å². The van der Waals surface area contributed by atoms with Crippen LogP contribution in [0.25, 0.3) is 22.4 Å². The van der Waals surface area contributed by atoms with Gasteiger partial charge in [-0.1, -0.05) is 47.6 Å². The van der Waals surface area contributed by atoms with E-state index in [9.17, 15) is 9.59 Å². The van der Waals surface area contributed by atoms with Gasteiger partial charge in [0, 0.05) is 18.7 Å². The van der Waals surface area contributed by atoms with Gasteiger partial charge in [0.15, 0.2) is 6.61 Å². The monoisotopic (exact) mass is 391 g/mol. The Balaban J connectivity index is 1.88. The van der Waals surface area contributed by atoms with E-state index in [1.807, 2.05) is 30.3 Å². The number of carbonyl (C=O) groups excluding carboxylic acids is 2. The van der Waals surface area contributed by atoms with Crippen LogP contribution in [0.2, 0.25) is 0 Å². The molecule has 0 unspecified atom stereocenters. The molecule has 0 saturated heterocycles. The second kappa shape index (κ2) is 8.97. The third-order valence-corrected chi connectivity index (χ3v) is 4.28. The normalized spacial score (nSPS) is 10.5. The summed E-state index contributed by atoms with van der Waals surface area (Å²) in [6.45, 7) is 9.25. The van der Waals surface area contributed by atoms with Crippen LogP contribution in [0, 0.1) is 6.92 Å². The van der Waals surface area contributed by atoms with E-state index in [2.05, 4.69) is 23.3 Å². The highest BCUT2D eigenvalue weighted by atomic mass is 16.5. The van der Waals surface area contributed by atoms with Crippen LogP contribution in [0.3, 0.4) is 0 Å². The molecular weight excluding hydrogens is 370 g/mol. The molecule has 2 heterocycles. The minimum atomic E-state index is -0.647. The van der Waals surface area contributed by atoms with Gasteiger partial charge in [0.25, 0.3) is 11.6 Å². The maximum atomic E-state index is 12.8. The number of rotatable bonds is 8. The molecule has 0 radical (unpaired) electrons. The molecule has 7 nitrogen and oxygen atoms in total. The Labute approximate surface area is 168 Å². The van der Waals surface area contributed by atoms with Gasteiger partial charge in [0.1, 0.15) is 0 Å². The summed E-state index contributed by atoms with van der Waals surface area (Å²) in [5, 5.41) is 4.37. The molecule has 0 bridgehead atoms. The number of esters is 1. The Morgan fingerprint density at radius 2 is 1.86 bits per heavy atom. The minimum Gasteiger partial charge on any atom is -0.452 e. The lowest BCUT2D eigenvalue weighted by Gasteiger charge is -2.19. The van der Waals surface area contributed by atoms with E-state index < -0.39 is 12.6 Å². The lowest BCUT2D eigenvalue weighted by Crippen LogP contribution is -2.35. The molecule has 3 aromatic rings. The van der Waals surface area contributed by atoms with Crippen LogP contribution in [0.5, 0.6) is 0 Å². The van der Waals surface area contributed by atoms with Crippen LogP contribution in [0.1, 0.15) is 16.1 Å². The van der Waals surface area contributed by atoms with Gasteiger partial charge in [-0.05, 0) is 13.0 Å². The fourth-order valence-corrected chi connectivity index (χ4v) is 2.90. The Morgan fingerprint density at radius 3 is 2.52 bits per heavy atom. The minimum absolute atomic E-state index is 0.238. The summed E-state index contributed by atoms with van der Waals surface area (Å²) in [5.74, 6) is -0.986. The van der Waals surface area contributed by atoms with Gasteiger partial charge in [0.05, 0.1) is 22.3 Å². The number of pyridine rings is 1. The number of carbonyl (C=O) groups is 2. The zero-order valence-electron chi connectivity index (χ0n) is 16.1. The van der Waals surface area contributed by atoms with Crippen molar-refractivity contribution in [2.45, 2.75) is 6.92 Å². The molecule has 1 amide bonds. The summed E-state index contributed by atoms with van der Waals surface area (Å²) in [5.41, 5.74) is 2.37. The van der Waals surface area contributed by atoms with E-state index in [0.717, 1.165) is 5.56 Å². The highest BCUT2D eigenvalue weighted by Crippen LogP contribution is 2.27. The van der Waals surface area contributed by atoms with E-state index in [4.69, 9.17) is 9.26 Å². The van der Waals surface area contributed by atoms with Crippen molar-refractivity contribution in [3.63, 3.8) is 0 Å². The van der Waals surface area contributed by atoms with Crippen molar-refractivity contribution < 1.29 is 18.8 Å². The number of ether oxygens (including phenoxy) is 1. The van der Waals surface area contributed by atoms with Gasteiger partial charge >= 0.3 is 5.97 Å². The first kappa shape index (κ1) is 20.0. The lowest BCUT2D eigenvalue weighted by atomic mass is 10.1. The molecule has 0 fully saturated rings. The number of aromatic nitrogens is 2. The number of aryl methyl sites for hydroxylation is 1. The molecule has 1 aromatic carbocycles. The maximum Gasteiger partial charge on any atom is 0.339 e. The number of amides is 1. The van der Waals surface area contributed by atoms with Crippen LogP contribution in [-0.4, -0.2) is 46.6 Å². The number of fused-ring (bicyclic) bond motifs is 1. The topological polar surface area (TPSA) is 85.5 Å². The van der Waals surface area contributed by atoms with Crippen molar-refractivity contribution in [2.75, 3.05) is 19.7 Å². The van der Waals surface area contributed by atoms with E-state index in [1.54, 1.807) is 25.1 Å². The molecule has 0 saturated carbocycles. The zero-order valence-corrected chi connectivity index (χ0v) is 16.1. The predicted octanol–water partition coefficient (Wildman–Crippen LogP) is 3.56. The van der Waals surface area contributed by atoms with Gasteiger partial charge in [0.2, 0.25) is 0 Å². The SMILES string of the molecule is C=CCN(CC=C)C(=O)COC(=O)c1cc(-c2ccccc2)nc2onc(C)c12. The van der Waals surface area contributed by atoms with E-state index in [1.165, 1.54) is 4.90 Å². The second-order valence-electron chi connectivity index (χ2n) is 6.32. The van der Waals surface area contributed by atoms with Crippen LogP contribution in [0.15, 0.2) is 66.2 Å². The average molecular weight is 391 g/mol. The first-order valence-electron chi connectivity index (χ1n) is 9.04. The van der Waals surface area contributed by atoms with Crippen molar-refractivity contribution >= 4 is 23.0 Å². The van der Waals surface area contributed by atoms with Crippen LogP contribution < -0.4 is 0 Å². The molecular formula is C22H21N3O4. The van der Waals surface area contributed by atoms with Crippen molar-refractivity contribution in [1.29, 1.82) is 0 Å². The molecule has 0 aliphatic carbocycles. The molecule has 3 rings (SSSR count). The van der Waals surface area contributed by atoms with Gasteiger partial charge in [-0.3, -0.25) is 4.79 Å². The summed E-state index contributed by atoms with van der Waals surface area (Å²) in [6.07, 6.45) is 3.20. The van der Waals surface area contributed by atoms with Gasteiger partial charge in [-0.25, -0.2) is 9.78 Å². The molecule has 0 N–H and O–H groups in total. The number of nitrogens with zero attached hydrogens (tertiary/aromatic N) is 3. The molecule has 29 heavy (non-hydrogen) atoms. The van der Waals surface area contributed by atoms with E-state index in [-0.39, 0.29) is 17.2 Å². The Morgan fingerprint density at radius 1 is 1.17 bits per heavy atom. The summed E-state index contributed by atoms with van der Waals surface area (Å²) in [4.78, 5) is 31.1. The first-order chi connectivity index (χ1) is 14.0. The van der Waals surface area contributed by atoms with Crippen LogP contribution in [-0.2, 0) is 9.53 Å². The van der Waals surface area contributed by atoms with Crippen molar-refractivity contribution in [3.8, 4) is 11.3 Å². The second-order valence-corrected chi connectivity index (χ2v) is 6.32. The average Bonchev–Trinajstić information content (AvgIpc) is 3.12. The van der Waals surface area contributed by atoms with Crippen molar-refractivity contribution in [2.24, 2.45) is 0 Å². The summed E-state index contributed by atoms with van der Waals surface area (Å²) in [7, 11) is 0. The van der Waals surface area contributed by atoms with Crippen LogP contribution in [0.4, 0.5) is 0 Å². The fraction of sp³-hybridized carbons (Fsp3) is 0.182. The molecule has 0 spiro atoms. The smallest absolute Gasteiger partial charge is 0.339 e. The molecule has 0 atom stereocenters. The van der Waals surface area contributed by atoms with Gasteiger partial charge in [-0.2, -0.15) is 0 Å². The first-order valence-corrected chi connectivity index (χ1v) is 9.04. The van der Waals surface area contributed by atoms with Crippen LogP contribution >= 0.6 is 0 Å². The molecule has 2 aromatic heterocycles. The number of hydrogen-bond donors (Lipinski definition) is 0. The highest BCUT2D eigenvalue weighted by molar-refractivity contribution is 6.04. The third-order valence-electron chi connectivity index (χ3n) is 4.28. The largest absolute Gasteiger partial charge is 0.452 e. The molecule has 7 heteroatoms. The lowest BCUT2D eigenvalue weighted by molar-refractivity contribution is -0.133. The number of benzene rings is 1. The third kappa shape index (κ3) is 4.40. The molecule has 0 aliphatic heterocycles. The fourth-order valence-electron chi connectivity index (χ4n) is 2.90. The van der Waals surface area contributed by atoms with Gasteiger partial charge in [-0.15, -0.1) is 13.2 Å². The highest BCUT2D eigenvalue weighted by Gasteiger charge is 2.22. The maximum absolute atomic E-state index is 12.8. The van der Waals surface area contributed by atoms with Crippen molar-refractivity contribution in [1.82, 2.24) is 15.0 Å². The molecule has 0 aliphatic rings. The quantitative estimate of drug-likeness (QED) is 0.431. The summed E-state index contributed by atoms with van der Waals surface area (Å²) in [6, 6.07) is 11.0. The Bertz CT molecular complexity index is 1050. The van der Waals surface area contributed by atoms with Gasteiger partial charge < -0.3 is 14.2 Å². The molecule has 148 valence electrons. The van der Waals surface area contributed by atoms with E-state index >= 15 is 0 Å².